The van der Waals surface area contributed by atoms with Gasteiger partial charge < -0.3 is 24.8 Å². The minimum absolute atomic E-state index is 0.0570. The summed E-state index contributed by atoms with van der Waals surface area (Å²) in [5.74, 6) is -0.994. The lowest BCUT2D eigenvalue weighted by Gasteiger charge is -2.17. The van der Waals surface area contributed by atoms with Crippen molar-refractivity contribution in [3.8, 4) is 11.5 Å². The van der Waals surface area contributed by atoms with Crippen LogP contribution < -0.4 is 14.8 Å². The first kappa shape index (κ1) is 20.2. The zero-order valence-corrected chi connectivity index (χ0v) is 16.2. The maximum Gasteiger partial charge on any atom is 0.335 e. The molecule has 8 nitrogen and oxygen atoms in total. The van der Waals surface area contributed by atoms with Gasteiger partial charge in [0.25, 0.3) is 0 Å². The lowest BCUT2D eigenvalue weighted by Crippen LogP contribution is -2.28. The van der Waals surface area contributed by atoms with Crippen molar-refractivity contribution in [1.82, 2.24) is 4.90 Å². The van der Waals surface area contributed by atoms with Gasteiger partial charge in [0.1, 0.15) is 11.5 Å². The Hall–Kier alpha value is -3.55. The highest BCUT2D eigenvalue weighted by Gasteiger charge is 2.34. The van der Waals surface area contributed by atoms with E-state index in [9.17, 15) is 14.4 Å². The Morgan fingerprint density at radius 1 is 1.14 bits per heavy atom. The molecule has 152 valence electrons. The van der Waals surface area contributed by atoms with Crippen molar-refractivity contribution in [3.05, 3.63) is 53.6 Å². The maximum atomic E-state index is 12.7. The smallest absolute Gasteiger partial charge is 0.335 e. The lowest BCUT2D eigenvalue weighted by atomic mass is 10.1. The Kier molecular flexibility index (Phi) is 6.01. The molecular formula is C21H22N2O6. The van der Waals surface area contributed by atoms with Gasteiger partial charge in [-0.2, -0.15) is 0 Å². The van der Waals surface area contributed by atoms with Gasteiger partial charge in [0.2, 0.25) is 11.8 Å². The second-order valence-corrected chi connectivity index (χ2v) is 6.73. The SMILES string of the molecule is COc1ccc(CN2CC(C(=O)Nc3ccc(C(=O)O)cc3OC)CC2=O)cc1. The summed E-state index contributed by atoms with van der Waals surface area (Å²) in [6.45, 7) is 0.732. The average Bonchev–Trinajstić information content (AvgIpc) is 3.09. The molecule has 1 unspecified atom stereocenters. The minimum Gasteiger partial charge on any atom is -0.497 e. The fourth-order valence-electron chi connectivity index (χ4n) is 3.21. The number of rotatable bonds is 7. The zero-order valence-electron chi connectivity index (χ0n) is 16.2. The van der Waals surface area contributed by atoms with Crippen molar-refractivity contribution in [1.29, 1.82) is 0 Å². The van der Waals surface area contributed by atoms with Crippen LogP contribution in [-0.4, -0.2) is 48.6 Å². The summed E-state index contributed by atoms with van der Waals surface area (Å²) in [6, 6.07) is 11.6. The molecule has 1 atom stereocenters. The highest BCUT2D eigenvalue weighted by molar-refractivity contribution is 5.99. The van der Waals surface area contributed by atoms with Crippen LogP contribution in [0.4, 0.5) is 5.69 Å². The predicted molar refractivity (Wildman–Crippen MR) is 105 cm³/mol. The first-order valence-electron chi connectivity index (χ1n) is 9.04. The van der Waals surface area contributed by atoms with Crippen LogP contribution in [0.5, 0.6) is 11.5 Å². The van der Waals surface area contributed by atoms with E-state index >= 15 is 0 Å². The van der Waals surface area contributed by atoms with Crippen molar-refractivity contribution < 1.29 is 29.0 Å². The zero-order chi connectivity index (χ0) is 21.0. The maximum absolute atomic E-state index is 12.7. The number of anilines is 1. The number of nitrogens with one attached hydrogen (secondary N) is 1. The molecule has 29 heavy (non-hydrogen) atoms. The standard InChI is InChI=1S/C21H22N2O6/c1-28-16-6-3-13(4-7-16)11-23-12-15(10-19(23)24)20(25)22-17-8-5-14(21(26)27)9-18(17)29-2/h3-9,15H,10-12H2,1-2H3,(H,22,25)(H,26,27). The van der Waals surface area contributed by atoms with E-state index in [2.05, 4.69) is 5.32 Å². The Labute approximate surface area is 168 Å². The number of amides is 2. The molecule has 1 fully saturated rings. The van der Waals surface area contributed by atoms with Crippen LogP contribution in [0.25, 0.3) is 0 Å². The third-order valence-electron chi connectivity index (χ3n) is 4.82. The number of benzene rings is 2. The molecule has 0 bridgehead atoms. The number of methoxy groups -OCH3 is 2. The van der Waals surface area contributed by atoms with Gasteiger partial charge >= 0.3 is 5.97 Å². The number of carbonyl (C=O) groups is 3. The third-order valence-corrected chi connectivity index (χ3v) is 4.82. The van der Waals surface area contributed by atoms with Crippen molar-refractivity contribution in [2.75, 3.05) is 26.1 Å². The number of aromatic carboxylic acids is 1. The van der Waals surface area contributed by atoms with Gasteiger partial charge in [-0.15, -0.1) is 0 Å². The highest BCUT2D eigenvalue weighted by Crippen LogP contribution is 2.28. The Morgan fingerprint density at radius 2 is 1.86 bits per heavy atom. The molecular weight excluding hydrogens is 376 g/mol. The Balaban J connectivity index is 1.65. The number of hydrogen-bond acceptors (Lipinski definition) is 5. The molecule has 0 aromatic heterocycles. The molecule has 1 heterocycles. The van der Waals surface area contributed by atoms with E-state index in [0.29, 0.717) is 18.8 Å². The second-order valence-electron chi connectivity index (χ2n) is 6.73. The third kappa shape index (κ3) is 4.66. The van der Waals surface area contributed by atoms with E-state index in [1.54, 1.807) is 12.0 Å². The van der Waals surface area contributed by atoms with Crippen molar-refractivity contribution >= 4 is 23.5 Å². The summed E-state index contributed by atoms with van der Waals surface area (Å²) in [6.07, 6.45) is 0.123. The van der Waals surface area contributed by atoms with Gasteiger partial charge in [-0.3, -0.25) is 9.59 Å². The summed E-state index contributed by atoms with van der Waals surface area (Å²) in [7, 11) is 2.98. The van der Waals surface area contributed by atoms with Crippen molar-refractivity contribution in [3.63, 3.8) is 0 Å². The number of carboxylic acids is 1. The topological polar surface area (TPSA) is 105 Å². The summed E-state index contributed by atoms with van der Waals surface area (Å²) in [5.41, 5.74) is 1.37. The quantitative estimate of drug-likeness (QED) is 0.742. The monoisotopic (exact) mass is 398 g/mol. The number of ether oxygens (including phenoxy) is 2. The predicted octanol–water partition coefficient (Wildman–Crippen LogP) is 2.39. The molecule has 0 saturated carbocycles. The molecule has 1 aliphatic rings. The van der Waals surface area contributed by atoms with Crippen LogP contribution in [0.15, 0.2) is 42.5 Å². The minimum atomic E-state index is -1.09. The van der Waals surface area contributed by atoms with E-state index in [0.717, 1.165) is 11.3 Å². The molecule has 2 aromatic carbocycles. The molecule has 1 aliphatic heterocycles. The first-order valence-corrected chi connectivity index (χ1v) is 9.04. The molecule has 0 radical (unpaired) electrons. The Morgan fingerprint density at radius 3 is 2.48 bits per heavy atom. The molecule has 2 amide bonds. The summed E-state index contributed by atoms with van der Waals surface area (Å²) in [4.78, 5) is 37.7. The van der Waals surface area contributed by atoms with Gasteiger partial charge in [0.15, 0.2) is 0 Å². The van der Waals surface area contributed by atoms with E-state index in [1.807, 2.05) is 24.3 Å². The van der Waals surface area contributed by atoms with E-state index < -0.39 is 11.9 Å². The van der Waals surface area contributed by atoms with Crippen LogP contribution >= 0.6 is 0 Å². The van der Waals surface area contributed by atoms with Gasteiger partial charge in [-0.05, 0) is 35.9 Å². The van der Waals surface area contributed by atoms with E-state index in [-0.39, 0.29) is 29.5 Å². The fraction of sp³-hybridized carbons (Fsp3) is 0.286. The molecule has 1 saturated heterocycles. The largest absolute Gasteiger partial charge is 0.497 e. The number of carbonyl (C=O) groups excluding carboxylic acids is 2. The number of nitrogens with zero attached hydrogens (tertiary/aromatic N) is 1. The van der Waals surface area contributed by atoms with Gasteiger partial charge in [-0.25, -0.2) is 4.79 Å². The number of hydrogen-bond donors (Lipinski definition) is 2. The number of likely N-dealkylation sites (tertiary alicyclic amines) is 1. The van der Waals surface area contributed by atoms with Crippen LogP contribution in [-0.2, 0) is 16.1 Å². The normalized spacial score (nSPS) is 15.9. The highest BCUT2D eigenvalue weighted by atomic mass is 16.5. The molecule has 0 spiro atoms. The summed E-state index contributed by atoms with van der Waals surface area (Å²) < 4.78 is 10.3. The molecule has 8 heteroatoms. The Bertz CT molecular complexity index is 925. The van der Waals surface area contributed by atoms with E-state index in [1.165, 1.54) is 25.3 Å². The molecule has 3 rings (SSSR count). The number of carboxylic acid groups (broad SMARTS) is 1. The van der Waals surface area contributed by atoms with Crippen LogP contribution in [0.3, 0.4) is 0 Å². The molecule has 0 aliphatic carbocycles. The van der Waals surface area contributed by atoms with Crippen molar-refractivity contribution in [2.45, 2.75) is 13.0 Å². The summed E-state index contributed by atoms with van der Waals surface area (Å²) in [5, 5.41) is 11.8. The van der Waals surface area contributed by atoms with Gasteiger partial charge in [0.05, 0.1) is 31.4 Å². The second kappa shape index (κ2) is 8.64. The first-order chi connectivity index (χ1) is 13.9. The lowest BCUT2D eigenvalue weighted by molar-refractivity contribution is -0.128. The van der Waals surface area contributed by atoms with Crippen LogP contribution in [0.1, 0.15) is 22.3 Å². The van der Waals surface area contributed by atoms with Crippen LogP contribution in [0.2, 0.25) is 0 Å². The van der Waals surface area contributed by atoms with Gasteiger partial charge in [0, 0.05) is 19.5 Å². The molecule has 2 N–H and O–H groups in total. The summed E-state index contributed by atoms with van der Waals surface area (Å²) >= 11 is 0. The fourth-order valence-corrected chi connectivity index (χ4v) is 3.21. The molecule has 2 aromatic rings. The van der Waals surface area contributed by atoms with Crippen molar-refractivity contribution in [2.24, 2.45) is 5.92 Å². The van der Waals surface area contributed by atoms with Gasteiger partial charge in [-0.1, -0.05) is 12.1 Å². The van der Waals surface area contributed by atoms with Crippen LogP contribution in [0, 0.1) is 5.92 Å². The average molecular weight is 398 g/mol. The van der Waals surface area contributed by atoms with E-state index in [4.69, 9.17) is 14.6 Å².